The highest BCUT2D eigenvalue weighted by Crippen LogP contribution is 2.24. The van der Waals surface area contributed by atoms with Gasteiger partial charge in [-0.1, -0.05) is 12.8 Å². The number of methoxy groups -OCH3 is 1. The summed E-state index contributed by atoms with van der Waals surface area (Å²) in [6.07, 6.45) is 6.71. The molecule has 2 aromatic rings. The van der Waals surface area contributed by atoms with Crippen LogP contribution in [0.1, 0.15) is 47.8 Å². The van der Waals surface area contributed by atoms with Crippen molar-refractivity contribution in [3.8, 4) is 0 Å². The van der Waals surface area contributed by atoms with E-state index in [1.54, 1.807) is 12.1 Å². The number of carbonyl (C=O) groups excluding carboxylic acids is 3. The molecule has 8 heteroatoms. The van der Waals surface area contributed by atoms with Crippen LogP contribution < -0.4 is 10.6 Å². The van der Waals surface area contributed by atoms with Crippen molar-refractivity contribution >= 4 is 23.5 Å². The van der Waals surface area contributed by atoms with E-state index >= 15 is 0 Å². The van der Waals surface area contributed by atoms with E-state index in [9.17, 15) is 14.4 Å². The van der Waals surface area contributed by atoms with Crippen LogP contribution in [0.25, 0.3) is 0 Å². The third-order valence-electron chi connectivity index (χ3n) is 5.63. The molecule has 2 amide bonds. The van der Waals surface area contributed by atoms with Gasteiger partial charge in [0.15, 0.2) is 0 Å². The van der Waals surface area contributed by atoms with Gasteiger partial charge in [0, 0.05) is 31.2 Å². The number of hydrogen-bond acceptors (Lipinski definition) is 5. The zero-order valence-corrected chi connectivity index (χ0v) is 18.1. The van der Waals surface area contributed by atoms with Gasteiger partial charge < -0.3 is 19.9 Å². The van der Waals surface area contributed by atoms with Crippen LogP contribution in [-0.4, -0.2) is 54.0 Å². The van der Waals surface area contributed by atoms with Crippen molar-refractivity contribution < 1.29 is 19.1 Å². The lowest BCUT2D eigenvalue weighted by Crippen LogP contribution is -2.42. The number of esters is 1. The highest BCUT2D eigenvalue weighted by Gasteiger charge is 2.25. The Morgan fingerprint density at radius 2 is 1.68 bits per heavy atom. The summed E-state index contributed by atoms with van der Waals surface area (Å²) >= 11 is 0. The van der Waals surface area contributed by atoms with E-state index in [1.807, 2.05) is 19.3 Å². The van der Waals surface area contributed by atoms with Gasteiger partial charge in [-0.15, -0.1) is 0 Å². The first-order chi connectivity index (χ1) is 15.0. The van der Waals surface area contributed by atoms with Crippen LogP contribution in [0.4, 0.5) is 5.69 Å². The van der Waals surface area contributed by atoms with Crippen LogP contribution in [0.15, 0.2) is 42.6 Å². The predicted molar refractivity (Wildman–Crippen MR) is 118 cm³/mol. The Morgan fingerprint density at radius 1 is 1.00 bits per heavy atom. The van der Waals surface area contributed by atoms with Crippen LogP contribution in [0.2, 0.25) is 0 Å². The van der Waals surface area contributed by atoms with Gasteiger partial charge in [-0.25, -0.2) is 4.79 Å². The Balaban J connectivity index is 1.61. The average molecular weight is 427 g/mol. The molecule has 1 saturated heterocycles. The van der Waals surface area contributed by atoms with E-state index in [2.05, 4.69) is 30.9 Å². The van der Waals surface area contributed by atoms with Gasteiger partial charge in [-0.3, -0.25) is 14.5 Å². The zero-order valence-electron chi connectivity index (χ0n) is 18.1. The molecule has 0 spiro atoms. The zero-order chi connectivity index (χ0) is 22.2. The van der Waals surface area contributed by atoms with Gasteiger partial charge in [0.2, 0.25) is 0 Å². The number of rotatable bonds is 6. The maximum Gasteiger partial charge on any atom is 0.337 e. The van der Waals surface area contributed by atoms with Gasteiger partial charge >= 0.3 is 17.8 Å². The summed E-state index contributed by atoms with van der Waals surface area (Å²) in [5, 5.41) is 5.36. The summed E-state index contributed by atoms with van der Waals surface area (Å²) in [6, 6.07) is 10.2. The number of nitrogens with one attached hydrogen (secondary N) is 2. The van der Waals surface area contributed by atoms with Crippen LogP contribution in [-0.2, 0) is 21.4 Å². The maximum atomic E-state index is 12.5. The molecular formula is C23H30N4O4. The fourth-order valence-electron chi connectivity index (χ4n) is 3.91. The standard InChI is InChI=1S/C23H30N4O4/c1-26-13-7-8-19(26)20(27-14-5-3-4-6-15-27)16-24-21(28)22(29)25-18-11-9-17(10-12-18)23(30)31-2/h7-13,20H,3-6,14-16H2,1-2H3,(H,24,28)(H,25,29)/t20-/m0/s1. The summed E-state index contributed by atoms with van der Waals surface area (Å²) in [5.74, 6) is -1.89. The van der Waals surface area contributed by atoms with Crippen molar-refractivity contribution in [1.29, 1.82) is 0 Å². The number of amides is 2. The van der Waals surface area contributed by atoms with Crippen molar-refractivity contribution in [2.24, 2.45) is 7.05 Å². The van der Waals surface area contributed by atoms with Crippen molar-refractivity contribution in [2.45, 2.75) is 31.7 Å². The molecule has 2 N–H and O–H groups in total. The highest BCUT2D eigenvalue weighted by molar-refractivity contribution is 6.39. The largest absolute Gasteiger partial charge is 0.465 e. The molecule has 1 aromatic carbocycles. The van der Waals surface area contributed by atoms with E-state index < -0.39 is 17.8 Å². The molecule has 1 aliphatic rings. The third kappa shape index (κ3) is 5.95. The number of aromatic nitrogens is 1. The Kier molecular flexibility index (Phi) is 7.83. The molecule has 1 atom stereocenters. The number of anilines is 1. The van der Waals surface area contributed by atoms with E-state index in [0.717, 1.165) is 31.6 Å². The average Bonchev–Trinajstić information content (AvgIpc) is 3.02. The SMILES string of the molecule is COC(=O)c1ccc(NC(=O)C(=O)NC[C@@H](c2cccn2C)N2CCCCCC2)cc1. The van der Waals surface area contributed by atoms with Crippen LogP contribution in [0.3, 0.4) is 0 Å². The summed E-state index contributed by atoms with van der Waals surface area (Å²) in [5.41, 5.74) is 1.91. The molecular weight excluding hydrogens is 396 g/mol. The quantitative estimate of drug-likeness (QED) is 0.547. The second kappa shape index (κ2) is 10.8. The highest BCUT2D eigenvalue weighted by atomic mass is 16.5. The van der Waals surface area contributed by atoms with Crippen LogP contribution in [0, 0.1) is 0 Å². The third-order valence-corrected chi connectivity index (χ3v) is 5.63. The molecule has 1 aliphatic heterocycles. The first-order valence-electron chi connectivity index (χ1n) is 10.6. The first kappa shape index (κ1) is 22.6. The van der Waals surface area contributed by atoms with Crippen molar-refractivity contribution in [1.82, 2.24) is 14.8 Å². The molecule has 2 heterocycles. The normalized spacial score (nSPS) is 15.5. The molecule has 0 saturated carbocycles. The number of likely N-dealkylation sites (tertiary alicyclic amines) is 1. The number of benzene rings is 1. The fraction of sp³-hybridized carbons (Fsp3) is 0.435. The number of carbonyl (C=O) groups is 3. The number of aryl methyl sites for hydroxylation is 1. The lowest BCUT2D eigenvalue weighted by Gasteiger charge is -2.31. The lowest BCUT2D eigenvalue weighted by atomic mass is 10.1. The molecule has 0 unspecified atom stereocenters. The molecule has 8 nitrogen and oxygen atoms in total. The van der Waals surface area contributed by atoms with E-state index in [4.69, 9.17) is 0 Å². The van der Waals surface area contributed by atoms with E-state index in [1.165, 1.54) is 32.1 Å². The first-order valence-corrected chi connectivity index (χ1v) is 10.6. The second-order valence-electron chi connectivity index (χ2n) is 7.74. The molecule has 166 valence electrons. The monoisotopic (exact) mass is 426 g/mol. The van der Waals surface area contributed by atoms with E-state index in [0.29, 0.717) is 17.8 Å². The van der Waals surface area contributed by atoms with Gasteiger partial charge in [-0.05, 0) is 62.3 Å². The summed E-state index contributed by atoms with van der Waals surface area (Å²) in [7, 11) is 3.30. The minimum atomic E-state index is -0.743. The van der Waals surface area contributed by atoms with Gasteiger partial charge in [-0.2, -0.15) is 0 Å². The maximum absolute atomic E-state index is 12.5. The molecule has 1 aromatic heterocycles. The Hall–Kier alpha value is -3.13. The Bertz CT molecular complexity index is 899. The fourth-order valence-corrected chi connectivity index (χ4v) is 3.91. The van der Waals surface area contributed by atoms with Crippen molar-refractivity contribution in [2.75, 3.05) is 32.1 Å². The van der Waals surface area contributed by atoms with Gasteiger partial charge in [0.25, 0.3) is 0 Å². The smallest absolute Gasteiger partial charge is 0.337 e. The molecule has 3 rings (SSSR count). The molecule has 0 aliphatic carbocycles. The molecule has 1 fully saturated rings. The van der Waals surface area contributed by atoms with Crippen LogP contribution in [0.5, 0.6) is 0 Å². The number of hydrogen-bond donors (Lipinski definition) is 2. The van der Waals surface area contributed by atoms with Gasteiger partial charge in [0.05, 0.1) is 18.7 Å². The van der Waals surface area contributed by atoms with Gasteiger partial charge in [0.1, 0.15) is 0 Å². The number of nitrogens with zero attached hydrogens (tertiary/aromatic N) is 2. The number of ether oxygens (including phenoxy) is 1. The predicted octanol–water partition coefficient (Wildman–Crippen LogP) is 2.48. The van der Waals surface area contributed by atoms with E-state index in [-0.39, 0.29) is 6.04 Å². The Morgan fingerprint density at radius 3 is 2.26 bits per heavy atom. The molecule has 31 heavy (non-hydrogen) atoms. The second-order valence-corrected chi connectivity index (χ2v) is 7.74. The minimum absolute atomic E-state index is 0.00851. The van der Waals surface area contributed by atoms with Crippen LogP contribution >= 0.6 is 0 Å². The lowest BCUT2D eigenvalue weighted by molar-refractivity contribution is -0.136. The minimum Gasteiger partial charge on any atom is -0.465 e. The summed E-state index contributed by atoms with van der Waals surface area (Å²) in [6.45, 7) is 2.31. The van der Waals surface area contributed by atoms with Crippen molar-refractivity contribution in [3.05, 3.63) is 53.9 Å². The topological polar surface area (TPSA) is 92.7 Å². The summed E-state index contributed by atoms with van der Waals surface area (Å²) < 4.78 is 6.71. The summed E-state index contributed by atoms with van der Waals surface area (Å²) in [4.78, 5) is 38.7. The van der Waals surface area contributed by atoms with Crippen molar-refractivity contribution in [3.63, 3.8) is 0 Å². The molecule has 0 radical (unpaired) electrons. The Labute approximate surface area is 182 Å². The molecule has 0 bridgehead atoms.